The molecule has 0 aromatic heterocycles. The third-order valence-electron chi connectivity index (χ3n) is 1.24. The quantitative estimate of drug-likeness (QED) is 0.591. The molecule has 1 aliphatic rings. The standard InChI is InChI=1S/C8H9N3/c1-2-11-8-6-10-4-3-7(8)5-9/h2-6H,1,9H2/b7-5-,11-8-. The van der Waals surface area contributed by atoms with Crippen molar-refractivity contribution in [3.63, 3.8) is 0 Å². The molecule has 0 radical (unpaired) electrons. The molecule has 1 aliphatic heterocycles. The summed E-state index contributed by atoms with van der Waals surface area (Å²) in [6, 6.07) is 0. The fourth-order valence-electron chi connectivity index (χ4n) is 0.744. The van der Waals surface area contributed by atoms with Crippen LogP contribution in [0.2, 0.25) is 0 Å². The van der Waals surface area contributed by atoms with Crippen LogP contribution < -0.4 is 5.73 Å². The second-order valence-electron chi connectivity index (χ2n) is 1.91. The van der Waals surface area contributed by atoms with Crippen LogP contribution in [0.25, 0.3) is 0 Å². The van der Waals surface area contributed by atoms with E-state index >= 15 is 0 Å². The summed E-state index contributed by atoms with van der Waals surface area (Å²) < 4.78 is 0. The van der Waals surface area contributed by atoms with E-state index in [1.54, 1.807) is 18.5 Å². The SMILES string of the molecule is C=C/N=C1/C=NC=C/C1=C/N. The van der Waals surface area contributed by atoms with Crippen molar-refractivity contribution in [2.75, 3.05) is 0 Å². The summed E-state index contributed by atoms with van der Waals surface area (Å²) in [6.45, 7) is 3.48. The molecule has 0 aromatic rings. The molecule has 56 valence electrons. The first-order chi connectivity index (χ1) is 5.38. The maximum atomic E-state index is 5.33. The van der Waals surface area contributed by atoms with E-state index in [-0.39, 0.29) is 0 Å². The Bertz CT molecular complexity index is 269. The highest BCUT2D eigenvalue weighted by molar-refractivity contribution is 6.39. The van der Waals surface area contributed by atoms with Crippen LogP contribution in [0.1, 0.15) is 0 Å². The molecule has 0 atom stereocenters. The zero-order valence-electron chi connectivity index (χ0n) is 6.07. The molecule has 3 heteroatoms. The van der Waals surface area contributed by atoms with Crippen LogP contribution in [0.5, 0.6) is 0 Å². The van der Waals surface area contributed by atoms with E-state index in [4.69, 9.17) is 5.73 Å². The van der Waals surface area contributed by atoms with Crippen molar-refractivity contribution in [3.05, 3.63) is 36.8 Å². The van der Waals surface area contributed by atoms with Gasteiger partial charge in [-0.25, -0.2) is 0 Å². The molecule has 0 fully saturated rings. The molecule has 2 N–H and O–H groups in total. The summed E-state index contributed by atoms with van der Waals surface area (Å²) in [7, 11) is 0. The van der Waals surface area contributed by atoms with Gasteiger partial charge in [0.15, 0.2) is 0 Å². The summed E-state index contributed by atoms with van der Waals surface area (Å²) in [5, 5.41) is 0. The van der Waals surface area contributed by atoms with Gasteiger partial charge in [-0.15, -0.1) is 0 Å². The molecule has 0 unspecified atom stereocenters. The van der Waals surface area contributed by atoms with Gasteiger partial charge in [0, 0.05) is 24.2 Å². The number of nitrogens with zero attached hydrogens (tertiary/aromatic N) is 2. The molecule has 3 nitrogen and oxygen atoms in total. The topological polar surface area (TPSA) is 50.7 Å². The Hall–Kier alpha value is -1.64. The molecular formula is C8H9N3. The van der Waals surface area contributed by atoms with Crippen molar-refractivity contribution in [2.24, 2.45) is 15.7 Å². The summed E-state index contributed by atoms with van der Waals surface area (Å²) in [5.74, 6) is 0. The van der Waals surface area contributed by atoms with Crippen LogP contribution in [0, 0.1) is 0 Å². The van der Waals surface area contributed by atoms with Crippen LogP contribution in [-0.4, -0.2) is 11.9 Å². The van der Waals surface area contributed by atoms with E-state index in [1.165, 1.54) is 12.4 Å². The van der Waals surface area contributed by atoms with Gasteiger partial charge in [-0.1, -0.05) is 6.58 Å². The van der Waals surface area contributed by atoms with Crippen molar-refractivity contribution < 1.29 is 0 Å². The van der Waals surface area contributed by atoms with Crippen molar-refractivity contribution in [3.8, 4) is 0 Å². The normalized spacial score (nSPS) is 22.9. The van der Waals surface area contributed by atoms with E-state index in [1.807, 2.05) is 0 Å². The molecule has 0 aliphatic carbocycles. The van der Waals surface area contributed by atoms with Crippen LogP contribution in [0.4, 0.5) is 0 Å². The van der Waals surface area contributed by atoms with Gasteiger partial charge < -0.3 is 5.73 Å². The second kappa shape index (κ2) is 3.51. The third-order valence-corrected chi connectivity index (χ3v) is 1.24. The van der Waals surface area contributed by atoms with Crippen LogP contribution in [0.3, 0.4) is 0 Å². The molecule has 0 aromatic carbocycles. The molecular weight excluding hydrogens is 138 g/mol. The Balaban J connectivity index is 2.97. The molecule has 0 saturated carbocycles. The maximum Gasteiger partial charge on any atom is 0.0899 e. The van der Waals surface area contributed by atoms with Gasteiger partial charge in [0.2, 0.25) is 0 Å². The van der Waals surface area contributed by atoms with Gasteiger partial charge in [0.1, 0.15) is 0 Å². The predicted octanol–water partition coefficient (Wildman–Crippen LogP) is 1.01. The minimum absolute atomic E-state index is 0.741. The molecule has 0 saturated heterocycles. The molecule has 0 amide bonds. The molecule has 0 spiro atoms. The lowest BCUT2D eigenvalue weighted by molar-refractivity contribution is 1.47. The highest BCUT2D eigenvalue weighted by Crippen LogP contribution is 2.02. The molecule has 0 bridgehead atoms. The van der Waals surface area contributed by atoms with E-state index < -0.39 is 0 Å². The number of aliphatic imine (C=N–C) groups is 2. The van der Waals surface area contributed by atoms with Gasteiger partial charge in [-0.2, -0.15) is 0 Å². The van der Waals surface area contributed by atoms with Gasteiger partial charge in [-0.3, -0.25) is 9.98 Å². The summed E-state index contributed by atoms with van der Waals surface area (Å²) in [4.78, 5) is 7.86. The highest BCUT2D eigenvalue weighted by atomic mass is 14.8. The smallest absolute Gasteiger partial charge is 0.0899 e. The van der Waals surface area contributed by atoms with E-state index in [9.17, 15) is 0 Å². The highest BCUT2D eigenvalue weighted by Gasteiger charge is 2.01. The average Bonchev–Trinajstić information content (AvgIpc) is 2.06. The zero-order chi connectivity index (χ0) is 8.10. The third kappa shape index (κ3) is 1.64. The first-order valence-electron chi connectivity index (χ1n) is 3.19. The Kier molecular flexibility index (Phi) is 2.38. The zero-order valence-corrected chi connectivity index (χ0v) is 6.07. The number of rotatable bonds is 1. The van der Waals surface area contributed by atoms with E-state index in [2.05, 4.69) is 16.6 Å². The fourth-order valence-corrected chi connectivity index (χ4v) is 0.744. The number of hydrogen-bond acceptors (Lipinski definition) is 3. The fraction of sp³-hybridized carbons (Fsp3) is 0. The lowest BCUT2D eigenvalue weighted by Gasteiger charge is -2.01. The first-order valence-corrected chi connectivity index (χ1v) is 3.19. The Morgan fingerprint density at radius 2 is 2.45 bits per heavy atom. The Labute approximate surface area is 65.3 Å². The second-order valence-corrected chi connectivity index (χ2v) is 1.91. The van der Waals surface area contributed by atoms with Crippen molar-refractivity contribution in [1.82, 2.24) is 0 Å². The largest absolute Gasteiger partial charge is 0.404 e. The van der Waals surface area contributed by atoms with E-state index in [0.29, 0.717) is 0 Å². The summed E-state index contributed by atoms with van der Waals surface area (Å²) in [6.07, 6.45) is 8.05. The predicted molar refractivity (Wildman–Crippen MR) is 47.5 cm³/mol. The van der Waals surface area contributed by atoms with Gasteiger partial charge in [0.05, 0.1) is 11.9 Å². The Morgan fingerprint density at radius 1 is 1.64 bits per heavy atom. The Morgan fingerprint density at radius 3 is 3.09 bits per heavy atom. The minimum Gasteiger partial charge on any atom is -0.404 e. The molecule has 11 heavy (non-hydrogen) atoms. The lowest BCUT2D eigenvalue weighted by atomic mass is 10.1. The van der Waals surface area contributed by atoms with Crippen LogP contribution in [0.15, 0.2) is 46.8 Å². The molecule has 1 rings (SSSR count). The van der Waals surface area contributed by atoms with Crippen LogP contribution >= 0.6 is 0 Å². The monoisotopic (exact) mass is 147 g/mol. The van der Waals surface area contributed by atoms with Gasteiger partial charge >= 0.3 is 0 Å². The average molecular weight is 147 g/mol. The van der Waals surface area contributed by atoms with E-state index in [0.717, 1.165) is 11.3 Å². The van der Waals surface area contributed by atoms with Gasteiger partial charge in [0.25, 0.3) is 0 Å². The lowest BCUT2D eigenvalue weighted by Crippen LogP contribution is -2.06. The number of nitrogens with two attached hydrogens (primary N) is 1. The van der Waals surface area contributed by atoms with Crippen molar-refractivity contribution >= 4 is 11.9 Å². The maximum absolute atomic E-state index is 5.33. The minimum atomic E-state index is 0.741. The summed E-state index contributed by atoms with van der Waals surface area (Å²) >= 11 is 0. The number of allylic oxidation sites excluding steroid dienone is 2. The van der Waals surface area contributed by atoms with Gasteiger partial charge in [-0.05, 0) is 6.08 Å². The first kappa shape index (κ1) is 7.47. The van der Waals surface area contributed by atoms with Crippen molar-refractivity contribution in [2.45, 2.75) is 0 Å². The number of hydrogen-bond donors (Lipinski definition) is 1. The summed E-state index contributed by atoms with van der Waals surface area (Å²) in [5.41, 5.74) is 6.94. The van der Waals surface area contributed by atoms with Crippen molar-refractivity contribution in [1.29, 1.82) is 0 Å². The van der Waals surface area contributed by atoms with Crippen LogP contribution in [-0.2, 0) is 0 Å². The molecule has 1 heterocycles.